The first-order valence-corrected chi connectivity index (χ1v) is 6.21. The summed E-state index contributed by atoms with van der Waals surface area (Å²) in [4.78, 5) is 2.41. The Morgan fingerprint density at radius 1 is 1.25 bits per heavy atom. The van der Waals surface area contributed by atoms with Crippen LogP contribution >= 0.6 is 0 Å². The van der Waals surface area contributed by atoms with Crippen molar-refractivity contribution >= 4 is 0 Å². The van der Waals surface area contributed by atoms with E-state index in [0.717, 1.165) is 0 Å². The minimum Gasteiger partial charge on any atom is -0.324 e. The van der Waals surface area contributed by atoms with Crippen molar-refractivity contribution in [2.24, 2.45) is 5.73 Å². The highest BCUT2D eigenvalue weighted by Crippen LogP contribution is 2.31. The Morgan fingerprint density at radius 2 is 1.88 bits per heavy atom. The molecular formula is C14H22N2. The molecule has 1 aliphatic heterocycles. The molecule has 1 saturated heterocycles. The Hall–Kier alpha value is -0.860. The second kappa shape index (κ2) is 4.98. The highest BCUT2D eigenvalue weighted by molar-refractivity contribution is 5.32. The number of hydrogen-bond acceptors (Lipinski definition) is 2. The fraction of sp³-hybridized carbons (Fsp3) is 0.571. The highest BCUT2D eigenvalue weighted by Gasteiger charge is 2.21. The molecule has 1 heterocycles. The van der Waals surface area contributed by atoms with Gasteiger partial charge >= 0.3 is 0 Å². The van der Waals surface area contributed by atoms with E-state index in [2.05, 4.69) is 43.1 Å². The lowest BCUT2D eigenvalue weighted by molar-refractivity contribution is 0.254. The van der Waals surface area contributed by atoms with Gasteiger partial charge in [0.1, 0.15) is 0 Å². The van der Waals surface area contributed by atoms with E-state index in [-0.39, 0.29) is 6.04 Å². The fourth-order valence-corrected chi connectivity index (χ4v) is 2.62. The standard InChI is InChI=1S/C14H22N2/c1-11(15)13-5-3-4-6-14(13)12-7-9-16(2)10-8-12/h3-6,11-12H,7-10,15H2,1-2H3. The van der Waals surface area contributed by atoms with Gasteiger partial charge in [0.2, 0.25) is 0 Å². The van der Waals surface area contributed by atoms with E-state index >= 15 is 0 Å². The minimum atomic E-state index is 0.149. The molecule has 2 heteroatoms. The SMILES string of the molecule is CC(N)c1ccccc1C1CCN(C)CC1. The maximum atomic E-state index is 6.04. The van der Waals surface area contributed by atoms with Gasteiger partial charge in [-0.3, -0.25) is 0 Å². The molecule has 2 N–H and O–H groups in total. The van der Waals surface area contributed by atoms with E-state index in [4.69, 9.17) is 5.73 Å². The van der Waals surface area contributed by atoms with Gasteiger partial charge in [0.25, 0.3) is 0 Å². The summed E-state index contributed by atoms with van der Waals surface area (Å²) in [7, 11) is 2.20. The lowest BCUT2D eigenvalue weighted by Gasteiger charge is -2.30. The summed E-state index contributed by atoms with van der Waals surface area (Å²) < 4.78 is 0. The van der Waals surface area contributed by atoms with Gasteiger partial charge in [-0.1, -0.05) is 24.3 Å². The predicted octanol–water partition coefficient (Wildman–Crippen LogP) is 2.52. The average molecular weight is 218 g/mol. The Morgan fingerprint density at radius 3 is 2.50 bits per heavy atom. The molecule has 0 radical (unpaired) electrons. The summed E-state index contributed by atoms with van der Waals surface area (Å²) >= 11 is 0. The molecule has 1 aromatic rings. The van der Waals surface area contributed by atoms with E-state index in [1.54, 1.807) is 0 Å². The quantitative estimate of drug-likeness (QED) is 0.826. The number of benzene rings is 1. The normalized spacial score (nSPS) is 20.9. The van der Waals surface area contributed by atoms with Crippen LogP contribution < -0.4 is 5.73 Å². The highest BCUT2D eigenvalue weighted by atomic mass is 15.1. The third-order valence-corrected chi connectivity index (χ3v) is 3.64. The zero-order valence-electron chi connectivity index (χ0n) is 10.3. The maximum absolute atomic E-state index is 6.04. The molecule has 1 atom stereocenters. The van der Waals surface area contributed by atoms with E-state index < -0.39 is 0 Å². The summed E-state index contributed by atoms with van der Waals surface area (Å²) in [5.41, 5.74) is 8.85. The van der Waals surface area contributed by atoms with Crippen molar-refractivity contribution in [3.8, 4) is 0 Å². The van der Waals surface area contributed by atoms with E-state index in [1.807, 2.05) is 0 Å². The van der Waals surface area contributed by atoms with E-state index in [0.29, 0.717) is 5.92 Å². The second-order valence-electron chi connectivity index (χ2n) is 5.00. The number of piperidine rings is 1. The predicted molar refractivity (Wildman–Crippen MR) is 68.5 cm³/mol. The van der Waals surface area contributed by atoms with Crippen LogP contribution in [0.15, 0.2) is 24.3 Å². The van der Waals surface area contributed by atoms with Gasteiger partial charge < -0.3 is 10.6 Å². The van der Waals surface area contributed by atoms with Crippen molar-refractivity contribution in [3.05, 3.63) is 35.4 Å². The van der Waals surface area contributed by atoms with Crippen molar-refractivity contribution in [2.75, 3.05) is 20.1 Å². The summed E-state index contributed by atoms with van der Waals surface area (Å²) in [5, 5.41) is 0. The molecule has 16 heavy (non-hydrogen) atoms. The molecule has 0 bridgehead atoms. The minimum absolute atomic E-state index is 0.149. The topological polar surface area (TPSA) is 29.3 Å². The lowest BCUT2D eigenvalue weighted by atomic mass is 9.85. The number of nitrogens with zero attached hydrogens (tertiary/aromatic N) is 1. The molecule has 0 spiro atoms. The molecule has 1 aliphatic rings. The Labute approximate surface area is 98.4 Å². The second-order valence-corrected chi connectivity index (χ2v) is 5.00. The van der Waals surface area contributed by atoms with Crippen LogP contribution in [-0.4, -0.2) is 25.0 Å². The molecule has 1 unspecified atom stereocenters. The van der Waals surface area contributed by atoms with E-state index in [9.17, 15) is 0 Å². The van der Waals surface area contributed by atoms with Crippen LogP contribution in [0.4, 0.5) is 0 Å². The van der Waals surface area contributed by atoms with Gasteiger partial charge in [-0.15, -0.1) is 0 Å². The molecule has 0 aromatic heterocycles. The van der Waals surface area contributed by atoms with Gasteiger partial charge in [0.05, 0.1) is 0 Å². The molecule has 0 aliphatic carbocycles. The van der Waals surface area contributed by atoms with Gasteiger partial charge in [-0.05, 0) is 56.9 Å². The summed E-state index contributed by atoms with van der Waals surface area (Å²) in [5.74, 6) is 0.707. The van der Waals surface area contributed by atoms with E-state index in [1.165, 1.54) is 37.1 Å². The molecule has 0 saturated carbocycles. The first-order valence-electron chi connectivity index (χ1n) is 6.21. The molecule has 1 fully saturated rings. The van der Waals surface area contributed by atoms with Crippen LogP contribution in [0.2, 0.25) is 0 Å². The molecular weight excluding hydrogens is 196 g/mol. The smallest absolute Gasteiger partial charge is 0.0268 e. The number of rotatable bonds is 2. The summed E-state index contributed by atoms with van der Waals surface area (Å²) in [6, 6.07) is 8.82. The van der Waals surface area contributed by atoms with Crippen LogP contribution in [-0.2, 0) is 0 Å². The van der Waals surface area contributed by atoms with Gasteiger partial charge in [0.15, 0.2) is 0 Å². The van der Waals surface area contributed by atoms with Crippen LogP contribution in [0.1, 0.15) is 42.9 Å². The summed E-state index contributed by atoms with van der Waals surface area (Å²) in [6.45, 7) is 4.49. The Balaban J connectivity index is 2.19. The van der Waals surface area contributed by atoms with Crippen molar-refractivity contribution in [1.82, 2.24) is 4.90 Å². The molecule has 1 aromatic carbocycles. The van der Waals surface area contributed by atoms with Gasteiger partial charge in [-0.25, -0.2) is 0 Å². The third-order valence-electron chi connectivity index (χ3n) is 3.64. The third kappa shape index (κ3) is 2.45. The molecule has 88 valence electrons. The summed E-state index contributed by atoms with van der Waals surface area (Å²) in [6.07, 6.45) is 2.53. The number of hydrogen-bond donors (Lipinski definition) is 1. The lowest BCUT2D eigenvalue weighted by Crippen LogP contribution is -2.29. The zero-order chi connectivity index (χ0) is 11.5. The zero-order valence-corrected chi connectivity index (χ0v) is 10.3. The van der Waals surface area contributed by atoms with Crippen molar-refractivity contribution in [1.29, 1.82) is 0 Å². The van der Waals surface area contributed by atoms with Crippen molar-refractivity contribution in [2.45, 2.75) is 31.7 Å². The molecule has 2 nitrogen and oxygen atoms in total. The Kier molecular flexibility index (Phi) is 3.62. The first-order chi connectivity index (χ1) is 7.68. The monoisotopic (exact) mass is 218 g/mol. The maximum Gasteiger partial charge on any atom is 0.0268 e. The van der Waals surface area contributed by atoms with Crippen LogP contribution in [0.25, 0.3) is 0 Å². The van der Waals surface area contributed by atoms with Crippen LogP contribution in [0.3, 0.4) is 0 Å². The van der Waals surface area contributed by atoms with Crippen molar-refractivity contribution < 1.29 is 0 Å². The Bertz CT molecular complexity index is 338. The average Bonchev–Trinajstić information content (AvgIpc) is 2.30. The fourth-order valence-electron chi connectivity index (χ4n) is 2.62. The number of nitrogens with two attached hydrogens (primary N) is 1. The van der Waals surface area contributed by atoms with Gasteiger partial charge in [-0.2, -0.15) is 0 Å². The molecule has 2 rings (SSSR count). The van der Waals surface area contributed by atoms with Crippen molar-refractivity contribution in [3.63, 3.8) is 0 Å². The van der Waals surface area contributed by atoms with Crippen LogP contribution in [0, 0.1) is 0 Å². The molecule has 0 amide bonds. The van der Waals surface area contributed by atoms with Crippen LogP contribution in [0.5, 0.6) is 0 Å². The first kappa shape index (κ1) is 11.6. The largest absolute Gasteiger partial charge is 0.324 e. The number of likely N-dealkylation sites (tertiary alicyclic amines) is 1. The van der Waals surface area contributed by atoms with Gasteiger partial charge in [0, 0.05) is 6.04 Å².